The number of ether oxygens (including phenoxy) is 1. The van der Waals surface area contributed by atoms with Gasteiger partial charge in [-0.3, -0.25) is 9.13 Å². The average Bonchev–Trinajstić information content (AvgIpc) is 3.42. The number of hydrogen-bond acceptors (Lipinski definition) is 8. The summed E-state index contributed by atoms with van der Waals surface area (Å²) in [5.74, 6) is -0.349. The number of rotatable bonds is 10. The molecule has 2 atom stereocenters. The number of carbonyl (C=O) groups excluding carboxylic acids is 1. The Balaban J connectivity index is 2.33. The molecule has 1 N–H and O–H groups in total. The number of nitrogens with one attached hydrogen (secondary N) is 1. The molecule has 0 unspecified atom stereocenters. The van der Waals surface area contributed by atoms with Crippen LogP contribution in [-0.2, 0) is 32.0 Å². The first kappa shape index (κ1) is 26.0. The van der Waals surface area contributed by atoms with E-state index in [2.05, 4.69) is 5.32 Å². The lowest BCUT2D eigenvalue weighted by atomic mass is 10.1. The molecule has 0 aliphatic heterocycles. The van der Waals surface area contributed by atoms with Crippen LogP contribution in [0.4, 0.5) is 4.79 Å². The second-order valence-electron chi connectivity index (χ2n) is 8.10. The van der Waals surface area contributed by atoms with E-state index in [-0.39, 0.29) is 19.1 Å². The SMILES string of the molecule is CCOP(=O)(OCC)c1ccc([C@H]2C[C@@]2(NC(=O)OC(C)(C)C)P(=O)(OC)OC)cc1. The van der Waals surface area contributed by atoms with Crippen molar-refractivity contribution in [3.05, 3.63) is 29.8 Å². The fraction of sp³-hybridized carbons (Fsp3) is 0.650. The van der Waals surface area contributed by atoms with Crippen molar-refractivity contribution < 1.29 is 36.8 Å². The second-order valence-corrected chi connectivity index (χ2v) is 12.6. The summed E-state index contributed by atoms with van der Waals surface area (Å²) < 4.78 is 52.8. The Bertz CT molecular complexity index is 849. The topological polar surface area (TPSA) is 109 Å². The first-order valence-corrected chi connectivity index (χ1v) is 13.2. The highest BCUT2D eigenvalue weighted by Crippen LogP contribution is 2.75. The first-order valence-electron chi connectivity index (χ1n) is 10.1. The van der Waals surface area contributed by atoms with Crippen LogP contribution in [-0.4, -0.2) is 44.4 Å². The van der Waals surface area contributed by atoms with Gasteiger partial charge in [-0.15, -0.1) is 0 Å². The lowest BCUT2D eigenvalue weighted by molar-refractivity contribution is 0.0504. The fourth-order valence-corrected chi connectivity index (χ4v) is 6.98. The quantitative estimate of drug-likeness (QED) is 0.480. The van der Waals surface area contributed by atoms with Gasteiger partial charge in [-0.25, -0.2) is 4.79 Å². The largest absolute Gasteiger partial charge is 0.444 e. The molecule has 0 heterocycles. The summed E-state index contributed by atoms with van der Waals surface area (Å²) in [7, 11) is -4.55. The van der Waals surface area contributed by atoms with Gasteiger partial charge in [0.1, 0.15) is 5.60 Å². The Morgan fingerprint density at radius 2 is 1.58 bits per heavy atom. The molecule has 0 spiro atoms. The zero-order chi connectivity index (χ0) is 23.5. The van der Waals surface area contributed by atoms with Crippen molar-refractivity contribution >= 4 is 26.6 Å². The lowest BCUT2D eigenvalue weighted by Gasteiger charge is -2.28. The van der Waals surface area contributed by atoms with Crippen LogP contribution < -0.4 is 10.6 Å². The molecule has 1 aliphatic rings. The standard InChI is InChI=1S/C20H33NO8P2/c1-8-27-30(23,28-9-2)16-12-10-15(11-13-16)17-14-20(17,31(24,25-6)26-7)21-18(22)29-19(3,4)5/h10-13,17H,8-9,14H2,1-7H3,(H,21,22)/t17-,20-/m1/s1. The van der Waals surface area contributed by atoms with E-state index in [1.165, 1.54) is 14.2 Å². The molecule has 176 valence electrons. The fourth-order valence-electron chi connectivity index (χ4n) is 3.45. The molecule has 1 saturated carbocycles. The number of carbonyl (C=O) groups is 1. The van der Waals surface area contributed by atoms with Gasteiger partial charge in [0.25, 0.3) is 0 Å². The zero-order valence-corrected chi connectivity index (χ0v) is 21.0. The van der Waals surface area contributed by atoms with Gasteiger partial charge in [-0.1, -0.05) is 12.1 Å². The van der Waals surface area contributed by atoms with Gasteiger partial charge in [-0.05, 0) is 58.7 Å². The molecule has 9 nitrogen and oxygen atoms in total. The third kappa shape index (κ3) is 5.59. The van der Waals surface area contributed by atoms with Crippen molar-refractivity contribution in [2.75, 3.05) is 27.4 Å². The van der Waals surface area contributed by atoms with Gasteiger partial charge >= 0.3 is 21.3 Å². The van der Waals surface area contributed by atoms with E-state index < -0.39 is 32.2 Å². The van der Waals surface area contributed by atoms with Gasteiger partial charge in [0, 0.05) is 20.1 Å². The minimum absolute atomic E-state index is 0.245. The minimum Gasteiger partial charge on any atom is -0.444 e. The molecule has 0 saturated heterocycles. The molecule has 1 fully saturated rings. The van der Waals surface area contributed by atoms with Gasteiger partial charge < -0.3 is 28.1 Å². The van der Waals surface area contributed by atoms with Crippen molar-refractivity contribution in [3.63, 3.8) is 0 Å². The van der Waals surface area contributed by atoms with Crippen molar-refractivity contribution in [1.29, 1.82) is 0 Å². The summed E-state index contributed by atoms with van der Waals surface area (Å²) in [5, 5.41) is 1.89. The van der Waals surface area contributed by atoms with Crippen LogP contribution >= 0.6 is 15.2 Å². The van der Waals surface area contributed by atoms with Crippen molar-refractivity contribution in [2.24, 2.45) is 0 Å². The van der Waals surface area contributed by atoms with Crippen molar-refractivity contribution in [2.45, 2.75) is 57.8 Å². The van der Waals surface area contributed by atoms with E-state index >= 15 is 0 Å². The van der Waals surface area contributed by atoms with Crippen LogP contribution in [0.1, 0.15) is 52.5 Å². The second kappa shape index (κ2) is 9.74. The maximum absolute atomic E-state index is 13.3. The Morgan fingerprint density at radius 3 is 2.00 bits per heavy atom. The molecular formula is C20H33NO8P2. The molecule has 0 aromatic heterocycles. The number of benzene rings is 1. The third-order valence-corrected chi connectivity index (χ3v) is 9.50. The van der Waals surface area contributed by atoms with Crippen LogP contribution in [0.15, 0.2) is 24.3 Å². The van der Waals surface area contributed by atoms with E-state index in [9.17, 15) is 13.9 Å². The molecule has 2 rings (SSSR count). The molecule has 11 heteroatoms. The molecule has 31 heavy (non-hydrogen) atoms. The predicted octanol–water partition coefficient (Wildman–Crippen LogP) is 4.77. The lowest BCUT2D eigenvalue weighted by Crippen LogP contribution is -2.42. The van der Waals surface area contributed by atoms with Crippen LogP contribution in [0, 0.1) is 0 Å². The highest BCUT2D eigenvalue weighted by molar-refractivity contribution is 7.62. The molecule has 1 aromatic carbocycles. The molecule has 0 bridgehead atoms. The van der Waals surface area contributed by atoms with E-state index in [0.717, 1.165) is 5.56 Å². The number of amides is 1. The normalized spacial score (nSPS) is 21.6. The molecule has 1 amide bonds. The molecular weight excluding hydrogens is 444 g/mol. The Hall–Kier alpha value is -1.21. The number of hydrogen-bond donors (Lipinski definition) is 1. The Morgan fingerprint density at radius 1 is 1.06 bits per heavy atom. The maximum Gasteiger partial charge on any atom is 0.408 e. The Labute approximate surface area is 184 Å². The first-order chi connectivity index (χ1) is 14.4. The zero-order valence-electron chi connectivity index (χ0n) is 19.2. The summed E-state index contributed by atoms with van der Waals surface area (Å²) in [5.41, 5.74) is 0.0509. The summed E-state index contributed by atoms with van der Waals surface area (Å²) in [6.07, 6.45) is -0.378. The van der Waals surface area contributed by atoms with Crippen molar-refractivity contribution in [3.8, 4) is 0 Å². The van der Waals surface area contributed by atoms with Crippen LogP contribution in [0.25, 0.3) is 0 Å². The van der Waals surface area contributed by atoms with E-state index in [4.69, 9.17) is 22.8 Å². The summed E-state index contributed by atoms with van der Waals surface area (Å²) in [6.45, 7) is 9.20. The smallest absolute Gasteiger partial charge is 0.408 e. The minimum atomic E-state index is -3.70. The van der Waals surface area contributed by atoms with E-state index in [1.54, 1.807) is 58.9 Å². The molecule has 1 aromatic rings. The maximum atomic E-state index is 13.3. The summed E-state index contributed by atoms with van der Waals surface area (Å²) in [4.78, 5) is 12.5. The van der Waals surface area contributed by atoms with Gasteiger partial charge in [0.2, 0.25) is 0 Å². The van der Waals surface area contributed by atoms with E-state index in [0.29, 0.717) is 11.7 Å². The van der Waals surface area contributed by atoms with Gasteiger partial charge in [0.05, 0.1) is 18.5 Å². The highest BCUT2D eigenvalue weighted by atomic mass is 31.2. The monoisotopic (exact) mass is 477 g/mol. The van der Waals surface area contributed by atoms with Crippen LogP contribution in [0.3, 0.4) is 0 Å². The third-order valence-electron chi connectivity index (χ3n) is 4.83. The van der Waals surface area contributed by atoms with E-state index in [1.807, 2.05) is 0 Å². The van der Waals surface area contributed by atoms with Gasteiger partial charge in [0.15, 0.2) is 5.28 Å². The highest BCUT2D eigenvalue weighted by Gasteiger charge is 2.69. The number of alkyl carbamates (subject to hydrolysis) is 1. The summed E-state index contributed by atoms with van der Waals surface area (Å²) in [6, 6.07) is 6.81. The van der Waals surface area contributed by atoms with Crippen molar-refractivity contribution in [1.82, 2.24) is 5.32 Å². The molecule has 1 aliphatic carbocycles. The van der Waals surface area contributed by atoms with Gasteiger partial charge in [-0.2, -0.15) is 0 Å². The average molecular weight is 477 g/mol. The molecule has 0 radical (unpaired) electrons. The van der Waals surface area contributed by atoms with Crippen LogP contribution in [0.5, 0.6) is 0 Å². The van der Waals surface area contributed by atoms with Crippen LogP contribution in [0.2, 0.25) is 0 Å². The predicted molar refractivity (Wildman–Crippen MR) is 118 cm³/mol. The Kier molecular flexibility index (Phi) is 8.18. The summed E-state index contributed by atoms with van der Waals surface area (Å²) >= 11 is 0.